The molecule has 7 rings (SSSR count). The normalized spacial score (nSPS) is 11.4. The highest BCUT2D eigenvalue weighted by Crippen LogP contribution is 2.36. The summed E-state index contributed by atoms with van der Waals surface area (Å²) in [5.74, 6) is 0.858. The Morgan fingerprint density at radius 1 is 0.600 bits per heavy atom. The van der Waals surface area contributed by atoms with E-state index in [1.807, 2.05) is 30.3 Å². The number of nitrogens with one attached hydrogen (secondary N) is 2. The van der Waals surface area contributed by atoms with Crippen molar-refractivity contribution < 1.29 is 0 Å². The Morgan fingerprint density at radius 3 is 2.00 bits per heavy atom. The molecular formula is C29H19N5S. The third kappa shape index (κ3) is 3.43. The Balaban J connectivity index is 1.26. The zero-order chi connectivity index (χ0) is 23.2. The number of aromatic nitrogens is 4. The Bertz CT molecular complexity index is 1740. The van der Waals surface area contributed by atoms with Gasteiger partial charge in [-0.2, -0.15) is 0 Å². The molecule has 7 aromatic rings. The maximum absolute atomic E-state index is 5.02. The summed E-state index contributed by atoms with van der Waals surface area (Å²) >= 11 is 1.53. The fourth-order valence-electron chi connectivity index (χ4n) is 4.57. The second-order valence-electron chi connectivity index (χ2n) is 8.38. The smallest absolute Gasteiger partial charge is 0.210 e. The molecule has 0 amide bonds. The molecule has 0 saturated heterocycles. The number of fused-ring (bicyclic) bond motifs is 6. The summed E-state index contributed by atoms with van der Waals surface area (Å²) < 4.78 is 0. The lowest BCUT2D eigenvalue weighted by Gasteiger charge is -2.05. The van der Waals surface area contributed by atoms with Crippen LogP contribution >= 0.6 is 11.3 Å². The van der Waals surface area contributed by atoms with Gasteiger partial charge in [0.15, 0.2) is 0 Å². The quantitative estimate of drug-likeness (QED) is 0.258. The van der Waals surface area contributed by atoms with E-state index in [1.165, 1.54) is 27.5 Å². The number of H-pyrrole nitrogens is 1. The van der Waals surface area contributed by atoms with Crippen molar-refractivity contribution in [2.24, 2.45) is 0 Å². The van der Waals surface area contributed by atoms with Crippen LogP contribution in [0.25, 0.3) is 54.5 Å². The summed E-state index contributed by atoms with van der Waals surface area (Å²) in [6.45, 7) is 0. The fourth-order valence-corrected chi connectivity index (χ4v) is 5.34. The molecule has 0 bridgehead atoms. The molecule has 6 heteroatoms. The lowest BCUT2D eigenvalue weighted by atomic mass is 10.0. The standard InChI is InChI=1S/C29H19N5S/c1-2-8-20(9-3-1)30-29-34-33-28(35-29)19-16-14-18(15-17-19)27-31-25-23-12-6-4-10-21(23)22-11-5-7-13-24(22)26(25)32-27/h1-17H,(H,30,34)(H,31,32). The minimum Gasteiger partial charge on any atom is -0.337 e. The molecule has 2 heterocycles. The average molecular weight is 470 g/mol. The lowest BCUT2D eigenvalue weighted by molar-refractivity contribution is 1.10. The van der Waals surface area contributed by atoms with Crippen LogP contribution in [0.3, 0.4) is 0 Å². The van der Waals surface area contributed by atoms with Crippen LogP contribution in [0.15, 0.2) is 103 Å². The molecule has 2 aromatic heterocycles. The number of aromatic amines is 1. The van der Waals surface area contributed by atoms with Gasteiger partial charge in [0.25, 0.3) is 0 Å². The van der Waals surface area contributed by atoms with E-state index in [9.17, 15) is 0 Å². The molecule has 0 atom stereocenters. The van der Waals surface area contributed by atoms with Crippen molar-refractivity contribution in [2.45, 2.75) is 0 Å². The molecule has 35 heavy (non-hydrogen) atoms. The first-order valence-corrected chi connectivity index (χ1v) is 12.2. The first-order valence-electron chi connectivity index (χ1n) is 11.4. The van der Waals surface area contributed by atoms with Gasteiger partial charge in [0, 0.05) is 27.6 Å². The highest BCUT2D eigenvalue weighted by molar-refractivity contribution is 7.18. The highest BCUT2D eigenvalue weighted by Gasteiger charge is 2.14. The van der Waals surface area contributed by atoms with Gasteiger partial charge >= 0.3 is 0 Å². The van der Waals surface area contributed by atoms with Crippen LogP contribution in [0, 0.1) is 0 Å². The molecule has 0 fully saturated rings. The second kappa shape index (κ2) is 8.04. The molecule has 166 valence electrons. The molecule has 0 aliphatic rings. The molecule has 0 aliphatic carbocycles. The Kier molecular flexibility index (Phi) is 4.57. The summed E-state index contributed by atoms with van der Waals surface area (Å²) in [4.78, 5) is 8.61. The van der Waals surface area contributed by atoms with Crippen molar-refractivity contribution in [3.63, 3.8) is 0 Å². The molecule has 0 saturated carbocycles. The summed E-state index contributed by atoms with van der Waals surface area (Å²) in [6.07, 6.45) is 0. The second-order valence-corrected chi connectivity index (χ2v) is 9.36. The Morgan fingerprint density at radius 2 is 1.23 bits per heavy atom. The SMILES string of the molecule is c1ccc(Nc2nnc(-c3ccc(-c4nc5c6ccccc6c6ccccc6c5[nH]4)cc3)s2)cc1. The largest absolute Gasteiger partial charge is 0.337 e. The van der Waals surface area contributed by atoms with Crippen molar-refractivity contribution in [2.75, 3.05) is 5.32 Å². The Labute approximate surface area is 205 Å². The number of hydrogen-bond donors (Lipinski definition) is 2. The molecule has 5 aromatic carbocycles. The van der Waals surface area contributed by atoms with E-state index >= 15 is 0 Å². The van der Waals surface area contributed by atoms with E-state index in [0.717, 1.165) is 49.2 Å². The Hall–Kier alpha value is -4.55. The number of imidazole rings is 1. The third-order valence-corrected chi connectivity index (χ3v) is 7.12. The van der Waals surface area contributed by atoms with Crippen molar-refractivity contribution >= 4 is 54.7 Å². The highest BCUT2D eigenvalue weighted by atomic mass is 32.1. The van der Waals surface area contributed by atoms with E-state index in [-0.39, 0.29) is 0 Å². The van der Waals surface area contributed by atoms with Gasteiger partial charge in [0.1, 0.15) is 10.8 Å². The number of nitrogens with zero attached hydrogens (tertiary/aromatic N) is 3. The van der Waals surface area contributed by atoms with Crippen molar-refractivity contribution in [1.29, 1.82) is 0 Å². The average Bonchev–Trinajstić information content (AvgIpc) is 3.58. The van der Waals surface area contributed by atoms with Gasteiger partial charge in [0.2, 0.25) is 5.13 Å². The van der Waals surface area contributed by atoms with Gasteiger partial charge in [-0.3, -0.25) is 0 Å². The van der Waals surface area contributed by atoms with Crippen molar-refractivity contribution in [3.8, 4) is 22.0 Å². The lowest BCUT2D eigenvalue weighted by Crippen LogP contribution is -1.87. The minimum absolute atomic E-state index is 0.770. The summed E-state index contributed by atoms with van der Waals surface area (Å²) in [7, 11) is 0. The van der Waals surface area contributed by atoms with Crippen LogP contribution in [-0.2, 0) is 0 Å². The molecule has 0 aliphatic heterocycles. The maximum Gasteiger partial charge on any atom is 0.210 e. The zero-order valence-electron chi connectivity index (χ0n) is 18.6. The van der Waals surface area contributed by atoms with Crippen LogP contribution < -0.4 is 5.32 Å². The van der Waals surface area contributed by atoms with Crippen molar-refractivity contribution in [1.82, 2.24) is 20.2 Å². The first-order chi connectivity index (χ1) is 17.3. The van der Waals surface area contributed by atoms with Gasteiger partial charge in [0.05, 0.1) is 11.0 Å². The van der Waals surface area contributed by atoms with E-state index in [1.54, 1.807) is 0 Å². The zero-order valence-corrected chi connectivity index (χ0v) is 19.4. The van der Waals surface area contributed by atoms with Crippen molar-refractivity contribution in [3.05, 3.63) is 103 Å². The minimum atomic E-state index is 0.770. The third-order valence-electron chi connectivity index (χ3n) is 6.23. The number of hydrogen-bond acceptors (Lipinski definition) is 5. The van der Waals surface area contributed by atoms with E-state index in [2.05, 4.69) is 93.3 Å². The topological polar surface area (TPSA) is 66.5 Å². The number of anilines is 2. The summed E-state index contributed by atoms with van der Waals surface area (Å²) in [5, 5.41) is 18.4. The molecule has 0 radical (unpaired) electrons. The number of rotatable bonds is 4. The van der Waals surface area contributed by atoms with Gasteiger partial charge in [-0.15, -0.1) is 10.2 Å². The van der Waals surface area contributed by atoms with E-state index < -0.39 is 0 Å². The number of benzene rings is 5. The van der Waals surface area contributed by atoms with E-state index in [0.29, 0.717) is 0 Å². The first kappa shape index (κ1) is 19.9. The van der Waals surface area contributed by atoms with Crippen LogP contribution in [-0.4, -0.2) is 20.2 Å². The van der Waals surface area contributed by atoms with Crippen LogP contribution in [0.4, 0.5) is 10.8 Å². The summed E-state index contributed by atoms with van der Waals surface area (Å²) in [5.41, 5.74) is 5.12. The fraction of sp³-hybridized carbons (Fsp3) is 0. The van der Waals surface area contributed by atoms with Crippen LogP contribution in [0.5, 0.6) is 0 Å². The maximum atomic E-state index is 5.02. The molecular weight excluding hydrogens is 450 g/mol. The molecule has 5 nitrogen and oxygen atoms in total. The van der Waals surface area contributed by atoms with Gasteiger partial charge < -0.3 is 10.3 Å². The monoisotopic (exact) mass is 469 g/mol. The van der Waals surface area contributed by atoms with Gasteiger partial charge in [-0.05, 0) is 22.9 Å². The molecule has 0 unspecified atom stereocenters. The van der Waals surface area contributed by atoms with Gasteiger partial charge in [-0.25, -0.2) is 4.98 Å². The molecule has 2 N–H and O–H groups in total. The number of para-hydroxylation sites is 1. The molecule has 0 spiro atoms. The van der Waals surface area contributed by atoms with Crippen LogP contribution in [0.1, 0.15) is 0 Å². The summed E-state index contributed by atoms with van der Waals surface area (Å²) in [6, 6.07) is 35.3. The predicted octanol–water partition coefficient (Wildman–Crippen LogP) is 7.80. The van der Waals surface area contributed by atoms with Crippen LogP contribution in [0.2, 0.25) is 0 Å². The van der Waals surface area contributed by atoms with Gasteiger partial charge in [-0.1, -0.05) is 102 Å². The predicted molar refractivity (Wildman–Crippen MR) is 145 cm³/mol. The van der Waals surface area contributed by atoms with E-state index in [4.69, 9.17) is 4.98 Å².